The van der Waals surface area contributed by atoms with Gasteiger partial charge in [-0.15, -0.1) is 0 Å². The van der Waals surface area contributed by atoms with Gasteiger partial charge in [0.2, 0.25) is 0 Å². The average molecular weight is 373 g/mol. The minimum Gasteiger partial charge on any atom is -0.489 e. The first-order valence-corrected chi connectivity index (χ1v) is 9.89. The Hall–Kier alpha value is -1.94. The summed E-state index contributed by atoms with van der Waals surface area (Å²) in [4.78, 5) is 2.52. The van der Waals surface area contributed by atoms with Crippen LogP contribution in [0.4, 0.5) is 8.78 Å². The molecule has 0 aliphatic carbocycles. The number of rotatable bonds is 6. The third-order valence-corrected chi connectivity index (χ3v) is 5.52. The molecule has 4 heteroatoms. The molecular weight excluding hydrogens is 344 g/mol. The molecule has 0 aromatic heterocycles. The van der Waals surface area contributed by atoms with Crippen LogP contribution in [0.15, 0.2) is 42.5 Å². The molecule has 0 bridgehead atoms. The number of ether oxygens (including phenoxy) is 1. The number of hydrogen-bond donors (Lipinski definition) is 0. The van der Waals surface area contributed by atoms with E-state index in [-0.39, 0.29) is 6.61 Å². The fourth-order valence-electron chi connectivity index (χ4n) is 3.80. The fourth-order valence-corrected chi connectivity index (χ4v) is 3.80. The van der Waals surface area contributed by atoms with Crippen LogP contribution in [-0.2, 0) is 13.2 Å². The number of hydrogen-bond acceptors (Lipinski definition) is 2. The van der Waals surface area contributed by atoms with E-state index in [0.717, 1.165) is 37.5 Å². The maximum Gasteiger partial charge on any atom is 0.132 e. The molecule has 1 heterocycles. The largest absolute Gasteiger partial charge is 0.489 e. The lowest BCUT2D eigenvalue weighted by Crippen LogP contribution is -2.24. The molecule has 2 aromatic rings. The summed E-state index contributed by atoms with van der Waals surface area (Å²) >= 11 is 0. The summed E-state index contributed by atoms with van der Waals surface area (Å²) in [6.07, 6.45) is 3.83. The van der Waals surface area contributed by atoms with Crippen molar-refractivity contribution in [2.24, 2.45) is 11.8 Å². The number of halogens is 2. The Balaban J connectivity index is 1.57. The van der Waals surface area contributed by atoms with Gasteiger partial charge >= 0.3 is 0 Å². The molecule has 1 saturated heterocycles. The van der Waals surface area contributed by atoms with Crippen LogP contribution in [0.2, 0.25) is 0 Å². The van der Waals surface area contributed by atoms with Crippen LogP contribution in [0.25, 0.3) is 0 Å². The smallest absolute Gasteiger partial charge is 0.132 e. The predicted molar refractivity (Wildman–Crippen MR) is 105 cm³/mol. The van der Waals surface area contributed by atoms with Crippen molar-refractivity contribution in [2.45, 2.75) is 46.3 Å². The van der Waals surface area contributed by atoms with E-state index in [2.05, 4.69) is 24.8 Å². The summed E-state index contributed by atoms with van der Waals surface area (Å²) in [6.45, 7) is 7.92. The molecule has 1 aliphatic rings. The van der Waals surface area contributed by atoms with E-state index >= 15 is 0 Å². The van der Waals surface area contributed by atoms with Crippen molar-refractivity contribution < 1.29 is 13.5 Å². The molecule has 3 rings (SSSR count). The van der Waals surface area contributed by atoms with Crippen molar-refractivity contribution in [3.63, 3.8) is 0 Å². The van der Waals surface area contributed by atoms with E-state index in [4.69, 9.17) is 4.74 Å². The van der Waals surface area contributed by atoms with E-state index in [1.807, 2.05) is 18.2 Å². The third kappa shape index (κ3) is 5.77. The van der Waals surface area contributed by atoms with E-state index in [0.29, 0.717) is 11.3 Å². The van der Waals surface area contributed by atoms with Crippen molar-refractivity contribution in [2.75, 3.05) is 13.1 Å². The third-order valence-electron chi connectivity index (χ3n) is 5.52. The van der Waals surface area contributed by atoms with Crippen LogP contribution in [0.3, 0.4) is 0 Å². The topological polar surface area (TPSA) is 12.5 Å². The molecule has 1 aliphatic heterocycles. The van der Waals surface area contributed by atoms with Crippen LogP contribution >= 0.6 is 0 Å². The van der Waals surface area contributed by atoms with Gasteiger partial charge in [0.25, 0.3) is 0 Å². The SMILES string of the molecule is CC(C)[C@H]1CCCN(Cc2cccc(OCc3ccc(F)cc3F)c2)CC1. The van der Waals surface area contributed by atoms with Crippen molar-refractivity contribution in [1.29, 1.82) is 0 Å². The van der Waals surface area contributed by atoms with Gasteiger partial charge in [0.1, 0.15) is 24.0 Å². The first kappa shape index (κ1) is 19.8. The standard InChI is InChI=1S/C23H29F2NO/c1-17(2)19-6-4-11-26(12-10-19)15-18-5-3-7-22(13-18)27-16-20-8-9-21(24)14-23(20)25/h3,5,7-9,13-14,17,19H,4,6,10-12,15-16H2,1-2H3/t19-/m0/s1. The van der Waals surface area contributed by atoms with Crippen molar-refractivity contribution in [3.05, 3.63) is 65.2 Å². The summed E-state index contributed by atoms with van der Waals surface area (Å²) in [7, 11) is 0. The highest BCUT2D eigenvalue weighted by molar-refractivity contribution is 5.29. The second-order valence-electron chi connectivity index (χ2n) is 7.88. The van der Waals surface area contributed by atoms with Crippen molar-refractivity contribution in [1.82, 2.24) is 4.90 Å². The first-order valence-electron chi connectivity index (χ1n) is 9.89. The van der Waals surface area contributed by atoms with Gasteiger partial charge in [-0.05, 0) is 74.0 Å². The minimum atomic E-state index is -0.574. The van der Waals surface area contributed by atoms with Gasteiger partial charge in [0.15, 0.2) is 0 Å². The van der Waals surface area contributed by atoms with Gasteiger partial charge in [0.05, 0.1) is 0 Å². The Labute approximate surface area is 161 Å². The highest BCUT2D eigenvalue weighted by Gasteiger charge is 2.19. The molecule has 2 nitrogen and oxygen atoms in total. The summed E-state index contributed by atoms with van der Waals surface area (Å²) in [5.41, 5.74) is 1.56. The normalized spacial score (nSPS) is 18.5. The molecule has 0 spiro atoms. The lowest BCUT2D eigenvalue weighted by Gasteiger charge is -2.21. The Kier molecular flexibility index (Phi) is 6.84. The fraction of sp³-hybridized carbons (Fsp3) is 0.478. The number of benzene rings is 2. The molecule has 146 valence electrons. The summed E-state index contributed by atoms with van der Waals surface area (Å²) < 4.78 is 32.5. The van der Waals surface area contributed by atoms with Gasteiger partial charge in [-0.25, -0.2) is 8.78 Å². The van der Waals surface area contributed by atoms with Crippen molar-refractivity contribution in [3.8, 4) is 5.75 Å². The zero-order chi connectivity index (χ0) is 19.2. The zero-order valence-electron chi connectivity index (χ0n) is 16.3. The van der Waals surface area contributed by atoms with E-state index in [1.54, 1.807) is 0 Å². The molecule has 27 heavy (non-hydrogen) atoms. The van der Waals surface area contributed by atoms with Crippen LogP contribution in [0.5, 0.6) is 5.75 Å². The minimum absolute atomic E-state index is 0.0926. The molecule has 1 atom stereocenters. The van der Waals surface area contributed by atoms with Gasteiger partial charge < -0.3 is 4.74 Å². The Morgan fingerprint density at radius 2 is 1.93 bits per heavy atom. The van der Waals surface area contributed by atoms with Crippen LogP contribution < -0.4 is 4.74 Å². The molecule has 0 unspecified atom stereocenters. The second kappa shape index (κ2) is 9.32. The first-order chi connectivity index (χ1) is 13.0. The van der Waals surface area contributed by atoms with Gasteiger partial charge in [0, 0.05) is 18.2 Å². The Morgan fingerprint density at radius 3 is 2.70 bits per heavy atom. The number of likely N-dealkylation sites (tertiary alicyclic amines) is 1. The second-order valence-corrected chi connectivity index (χ2v) is 7.88. The molecule has 2 aromatic carbocycles. The lowest BCUT2D eigenvalue weighted by molar-refractivity contribution is 0.263. The average Bonchev–Trinajstić information content (AvgIpc) is 2.87. The summed E-state index contributed by atoms with van der Waals surface area (Å²) in [5, 5.41) is 0. The maximum atomic E-state index is 13.7. The lowest BCUT2D eigenvalue weighted by atomic mass is 9.89. The van der Waals surface area contributed by atoms with Crippen molar-refractivity contribution >= 4 is 0 Å². The molecule has 1 fully saturated rings. The highest BCUT2D eigenvalue weighted by Crippen LogP contribution is 2.26. The number of nitrogens with zero attached hydrogens (tertiary/aromatic N) is 1. The monoisotopic (exact) mass is 373 g/mol. The predicted octanol–water partition coefficient (Wildman–Crippen LogP) is 5.80. The highest BCUT2D eigenvalue weighted by atomic mass is 19.1. The quantitative estimate of drug-likeness (QED) is 0.634. The van der Waals surface area contributed by atoms with Crippen LogP contribution in [-0.4, -0.2) is 18.0 Å². The van der Waals surface area contributed by atoms with Crippen LogP contribution in [0.1, 0.15) is 44.2 Å². The van der Waals surface area contributed by atoms with Gasteiger partial charge in [-0.3, -0.25) is 4.90 Å². The zero-order valence-corrected chi connectivity index (χ0v) is 16.3. The van der Waals surface area contributed by atoms with E-state index in [1.165, 1.54) is 37.0 Å². The summed E-state index contributed by atoms with van der Waals surface area (Å²) in [6, 6.07) is 11.5. The van der Waals surface area contributed by atoms with Gasteiger partial charge in [-0.2, -0.15) is 0 Å². The molecule has 0 saturated carbocycles. The van der Waals surface area contributed by atoms with E-state index in [9.17, 15) is 8.78 Å². The van der Waals surface area contributed by atoms with Crippen LogP contribution in [0, 0.1) is 23.5 Å². The molecule has 0 N–H and O–H groups in total. The molecule has 0 radical (unpaired) electrons. The van der Waals surface area contributed by atoms with Gasteiger partial charge in [-0.1, -0.05) is 26.0 Å². The van der Waals surface area contributed by atoms with E-state index < -0.39 is 11.6 Å². The Bertz CT molecular complexity index is 747. The summed E-state index contributed by atoms with van der Waals surface area (Å²) in [5.74, 6) is 1.15. The molecule has 0 amide bonds. The Morgan fingerprint density at radius 1 is 1.07 bits per heavy atom. The molecular formula is C23H29F2NO. The maximum absolute atomic E-state index is 13.7.